The number of rotatable bonds is 4. The standard InChI is InChI=1S/C26H27N3O/c30-26(25-23(18-5-6-18)11-10-22-15-27-16-29(22)25)19-7-3-17(4-8-19)20-9-12-24-21(14-20)2-1-13-28-24/h1-2,9-19,26,30H,3-8H2/t17?,19?,26-/m1/s1. The molecule has 0 aliphatic heterocycles. The Morgan fingerprint density at radius 3 is 2.60 bits per heavy atom. The van der Waals surface area contributed by atoms with Gasteiger partial charge in [-0.15, -0.1) is 0 Å². The molecule has 2 aliphatic carbocycles. The average molecular weight is 398 g/mol. The van der Waals surface area contributed by atoms with E-state index in [1.165, 1.54) is 29.4 Å². The minimum Gasteiger partial charge on any atom is -0.387 e. The third-order valence-corrected chi connectivity index (χ3v) is 7.27. The van der Waals surface area contributed by atoms with Gasteiger partial charge in [0, 0.05) is 11.6 Å². The van der Waals surface area contributed by atoms with Crippen molar-refractivity contribution in [1.82, 2.24) is 14.4 Å². The van der Waals surface area contributed by atoms with Crippen molar-refractivity contribution in [3.05, 3.63) is 78.0 Å². The Morgan fingerprint density at radius 2 is 1.77 bits per heavy atom. The number of aliphatic hydroxyl groups is 1. The fraction of sp³-hybridized carbons (Fsp3) is 0.385. The minimum absolute atomic E-state index is 0.314. The Balaban J connectivity index is 1.24. The molecule has 1 aromatic carbocycles. The van der Waals surface area contributed by atoms with Gasteiger partial charge in [-0.3, -0.25) is 4.98 Å². The topological polar surface area (TPSA) is 50.4 Å². The van der Waals surface area contributed by atoms with E-state index in [2.05, 4.69) is 50.8 Å². The van der Waals surface area contributed by atoms with E-state index in [-0.39, 0.29) is 0 Å². The third-order valence-electron chi connectivity index (χ3n) is 7.27. The molecule has 6 rings (SSSR count). The van der Waals surface area contributed by atoms with Crippen molar-refractivity contribution >= 4 is 16.4 Å². The Kier molecular flexibility index (Phi) is 4.34. The van der Waals surface area contributed by atoms with Crippen molar-refractivity contribution in [2.45, 2.75) is 56.5 Å². The zero-order valence-electron chi connectivity index (χ0n) is 17.1. The second-order valence-electron chi connectivity index (χ2n) is 9.15. The van der Waals surface area contributed by atoms with Crippen LogP contribution >= 0.6 is 0 Å². The van der Waals surface area contributed by atoms with Crippen molar-refractivity contribution in [3.8, 4) is 0 Å². The first-order chi connectivity index (χ1) is 14.8. The Hall–Kier alpha value is -2.72. The average Bonchev–Trinajstić information content (AvgIpc) is 3.54. The van der Waals surface area contributed by atoms with Crippen LogP contribution in [0.15, 0.2) is 61.2 Å². The molecule has 4 heteroatoms. The molecule has 0 unspecified atom stereocenters. The van der Waals surface area contributed by atoms with E-state index in [1.807, 2.05) is 24.8 Å². The summed E-state index contributed by atoms with van der Waals surface area (Å²) in [5.41, 5.74) is 5.97. The van der Waals surface area contributed by atoms with Crippen LogP contribution in [0.25, 0.3) is 16.4 Å². The predicted molar refractivity (Wildman–Crippen MR) is 119 cm³/mol. The molecule has 30 heavy (non-hydrogen) atoms. The summed E-state index contributed by atoms with van der Waals surface area (Å²) in [7, 11) is 0. The molecular formula is C26H27N3O. The molecule has 0 amide bonds. The van der Waals surface area contributed by atoms with E-state index in [0.717, 1.165) is 42.4 Å². The molecule has 0 saturated heterocycles. The van der Waals surface area contributed by atoms with Gasteiger partial charge in [-0.1, -0.05) is 18.2 Å². The molecule has 1 N–H and O–H groups in total. The van der Waals surface area contributed by atoms with Crippen molar-refractivity contribution in [3.63, 3.8) is 0 Å². The highest BCUT2D eigenvalue weighted by Crippen LogP contribution is 2.47. The van der Waals surface area contributed by atoms with E-state index in [4.69, 9.17) is 0 Å². The molecular weight excluding hydrogens is 370 g/mol. The molecule has 2 aliphatic rings. The van der Waals surface area contributed by atoms with Gasteiger partial charge in [0.1, 0.15) is 0 Å². The summed E-state index contributed by atoms with van der Waals surface area (Å²) in [6.07, 6.45) is 12.1. The molecule has 3 heterocycles. The molecule has 0 radical (unpaired) electrons. The van der Waals surface area contributed by atoms with Crippen LogP contribution in [-0.2, 0) is 0 Å². The molecule has 152 valence electrons. The highest BCUT2D eigenvalue weighted by atomic mass is 16.3. The largest absolute Gasteiger partial charge is 0.387 e. The number of imidazole rings is 1. The first-order valence-corrected chi connectivity index (χ1v) is 11.3. The quantitative estimate of drug-likeness (QED) is 0.476. The van der Waals surface area contributed by atoms with E-state index in [0.29, 0.717) is 17.8 Å². The lowest BCUT2D eigenvalue weighted by Crippen LogP contribution is -2.22. The zero-order chi connectivity index (χ0) is 20.1. The maximum atomic E-state index is 11.5. The van der Waals surface area contributed by atoms with Gasteiger partial charge < -0.3 is 9.51 Å². The van der Waals surface area contributed by atoms with Crippen LogP contribution in [0.3, 0.4) is 0 Å². The summed E-state index contributed by atoms with van der Waals surface area (Å²) in [6.45, 7) is 0. The summed E-state index contributed by atoms with van der Waals surface area (Å²) in [4.78, 5) is 8.78. The number of benzene rings is 1. The van der Waals surface area contributed by atoms with E-state index < -0.39 is 6.10 Å². The lowest BCUT2D eigenvalue weighted by molar-refractivity contribution is 0.0754. The zero-order valence-corrected chi connectivity index (χ0v) is 17.1. The Labute approximate surface area is 176 Å². The third kappa shape index (κ3) is 3.10. The fourth-order valence-corrected chi connectivity index (χ4v) is 5.42. The monoisotopic (exact) mass is 397 g/mol. The maximum absolute atomic E-state index is 11.5. The van der Waals surface area contributed by atoms with E-state index >= 15 is 0 Å². The molecule has 3 aromatic heterocycles. The van der Waals surface area contributed by atoms with Crippen LogP contribution in [0.5, 0.6) is 0 Å². The molecule has 4 aromatic rings. The predicted octanol–water partition coefficient (Wildman–Crippen LogP) is 5.77. The van der Waals surface area contributed by atoms with Gasteiger partial charge in [0.25, 0.3) is 0 Å². The fourth-order valence-electron chi connectivity index (χ4n) is 5.42. The van der Waals surface area contributed by atoms with E-state index in [9.17, 15) is 5.11 Å². The number of hydrogen-bond donors (Lipinski definition) is 1. The van der Waals surface area contributed by atoms with Crippen molar-refractivity contribution < 1.29 is 5.11 Å². The SMILES string of the molecule is O[C@@H](c1c(C2CC2)ccc2cncn12)C1CCC(c2ccc3ncccc3c2)CC1. The summed E-state index contributed by atoms with van der Waals surface area (Å²) in [6, 6.07) is 15.2. The summed E-state index contributed by atoms with van der Waals surface area (Å²) in [5.74, 6) is 1.50. The van der Waals surface area contributed by atoms with Gasteiger partial charge in [-0.05, 0) is 91.7 Å². The number of aromatic nitrogens is 3. The molecule has 1 atom stereocenters. The lowest BCUT2D eigenvalue weighted by Gasteiger charge is -2.33. The molecule has 0 bridgehead atoms. The van der Waals surface area contributed by atoms with Crippen molar-refractivity contribution in [2.24, 2.45) is 5.92 Å². The van der Waals surface area contributed by atoms with Crippen LogP contribution in [0, 0.1) is 5.92 Å². The molecule has 0 spiro atoms. The van der Waals surface area contributed by atoms with Crippen LogP contribution < -0.4 is 0 Å². The van der Waals surface area contributed by atoms with Gasteiger partial charge in [0.2, 0.25) is 0 Å². The minimum atomic E-state index is -0.416. The first kappa shape index (κ1) is 18.1. The maximum Gasteiger partial charge on any atom is 0.0995 e. The normalized spacial score (nSPS) is 23.1. The van der Waals surface area contributed by atoms with Crippen LogP contribution in [0.2, 0.25) is 0 Å². The highest BCUT2D eigenvalue weighted by Gasteiger charge is 2.34. The summed E-state index contributed by atoms with van der Waals surface area (Å²) < 4.78 is 2.13. The molecule has 2 saturated carbocycles. The first-order valence-electron chi connectivity index (χ1n) is 11.3. The number of nitrogens with zero attached hydrogens (tertiary/aromatic N) is 3. The molecule has 4 nitrogen and oxygen atoms in total. The van der Waals surface area contributed by atoms with E-state index in [1.54, 1.807) is 0 Å². The Morgan fingerprint density at radius 1 is 0.933 bits per heavy atom. The second kappa shape index (κ2) is 7.21. The van der Waals surface area contributed by atoms with Crippen LogP contribution in [0.4, 0.5) is 0 Å². The van der Waals surface area contributed by atoms with Gasteiger partial charge in [0.05, 0.1) is 35.4 Å². The van der Waals surface area contributed by atoms with Gasteiger partial charge in [-0.2, -0.15) is 0 Å². The Bertz CT molecular complexity index is 1200. The molecule has 2 fully saturated rings. The lowest BCUT2D eigenvalue weighted by atomic mass is 9.75. The highest BCUT2D eigenvalue weighted by molar-refractivity contribution is 5.79. The summed E-state index contributed by atoms with van der Waals surface area (Å²) >= 11 is 0. The van der Waals surface area contributed by atoms with Gasteiger partial charge >= 0.3 is 0 Å². The number of pyridine rings is 2. The van der Waals surface area contributed by atoms with Crippen molar-refractivity contribution in [2.75, 3.05) is 0 Å². The number of hydrogen-bond acceptors (Lipinski definition) is 3. The van der Waals surface area contributed by atoms with Crippen molar-refractivity contribution in [1.29, 1.82) is 0 Å². The number of aliphatic hydroxyl groups excluding tert-OH is 1. The number of fused-ring (bicyclic) bond motifs is 2. The summed E-state index contributed by atoms with van der Waals surface area (Å²) in [5, 5.41) is 12.7. The smallest absolute Gasteiger partial charge is 0.0995 e. The van der Waals surface area contributed by atoms with Gasteiger partial charge in [0.15, 0.2) is 0 Å². The van der Waals surface area contributed by atoms with Crippen LogP contribution in [-0.4, -0.2) is 19.5 Å². The van der Waals surface area contributed by atoms with Crippen LogP contribution in [0.1, 0.15) is 73.3 Å². The second-order valence-corrected chi connectivity index (χ2v) is 9.15. The van der Waals surface area contributed by atoms with Gasteiger partial charge in [-0.25, -0.2) is 4.98 Å².